The maximum atomic E-state index is 15.2. The Labute approximate surface area is 210 Å². The second kappa shape index (κ2) is 9.47. The summed E-state index contributed by atoms with van der Waals surface area (Å²) in [6, 6.07) is 5.45. The molecule has 4 rings (SSSR count). The molecule has 2 aromatic carbocycles. The van der Waals surface area contributed by atoms with E-state index in [0.29, 0.717) is 23.4 Å². The van der Waals surface area contributed by atoms with Gasteiger partial charge < -0.3 is 15.5 Å². The van der Waals surface area contributed by atoms with Crippen LogP contribution in [0.3, 0.4) is 0 Å². The van der Waals surface area contributed by atoms with Gasteiger partial charge in [-0.05, 0) is 43.7 Å². The summed E-state index contributed by atoms with van der Waals surface area (Å²) >= 11 is 12.6. The highest BCUT2D eigenvalue weighted by Gasteiger charge is 2.44. The summed E-state index contributed by atoms with van der Waals surface area (Å²) in [6.45, 7) is 5.48. The number of likely N-dealkylation sites (N-methyl/N-ethyl adjacent to an activating group) is 1. The van der Waals surface area contributed by atoms with Crippen LogP contribution in [0.1, 0.15) is 17.7 Å². The second-order valence-corrected chi connectivity index (χ2v) is 9.19. The number of nitrogens with one attached hydrogen (secondary N) is 2. The number of fused-ring (bicyclic) bond motifs is 1. The quantitative estimate of drug-likeness (QED) is 0.372. The first kappa shape index (κ1) is 24.9. The summed E-state index contributed by atoms with van der Waals surface area (Å²) in [4.78, 5) is 25.7. The van der Waals surface area contributed by atoms with Crippen LogP contribution in [0.4, 0.5) is 14.5 Å². The van der Waals surface area contributed by atoms with Gasteiger partial charge in [0.15, 0.2) is 0 Å². The van der Waals surface area contributed by atoms with E-state index in [9.17, 15) is 9.59 Å². The third kappa shape index (κ3) is 4.46. The molecular formula is C24H23Cl2F2N5O2. The predicted octanol–water partition coefficient (Wildman–Crippen LogP) is 4.40. The van der Waals surface area contributed by atoms with E-state index in [1.807, 2.05) is 0 Å². The van der Waals surface area contributed by atoms with Crippen LogP contribution in [0.5, 0.6) is 0 Å². The van der Waals surface area contributed by atoms with Crippen molar-refractivity contribution in [1.29, 1.82) is 0 Å². The lowest BCUT2D eigenvalue weighted by Gasteiger charge is -2.33. The van der Waals surface area contributed by atoms with E-state index >= 15 is 8.78 Å². The van der Waals surface area contributed by atoms with Gasteiger partial charge >= 0.3 is 0 Å². The highest BCUT2D eigenvalue weighted by molar-refractivity contribution is 6.42. The number of amides is 2. The fourth-order valence-corrected chi connectivity index (χ4v) is 5.03. The topological polar surface area (TPSA) is 79.3 Å². The second-order valence-electron chi connectivity index (χ2n) is 8.41. The van der Waals surface area contributed by atoms with Crippen molar-refractivity contribution in [3.8, 4) is 0 Å². The van der Waals surface area contributed by atoms with E-state index < -0.39 is 17.2 Å². The van der Waals surface area contributed by atoms with Crippen molar-refractivity contribution in [3.63, 3.8) is 0 Å². The van der Waals surface area contributed by atoms with E-state index in [1.165, 1.54) is 40.9 Å². The van der Waals surface area contributed by atoms with Crippen molar-refractivity contribution in [2.24, 2.45) is 0 Å². The van der Waals surface area contributed by atoms with Gasteiger partial charge in [0.2, 0.25) is 11.8 Å². The summed E-state index contributed by atoms with van der Waals surface area (Å²) in [6.07, 6.45) is 1.47. The van der Waals surface area contributed by atoms with E-state index in [-0.39, 0.29) is 52.3 Å². The Kier molecular flexibility index (Phi) is 6.75. The first-order valence-electron chi connectivity index (χ1n) is 10.8. The lowest BCUT2D eigenvalue weighted by molar-refractivity contribution is -0.125. The van der Waals surface area contributed by atoms with Crippen molar-refractivity contribution in [2.75, 3.05) is 25.5 Å². The molecule has 0 radical (unpaired) electrons. The molecule has 1 aromatic heterocycles. The summed E-state index contributed by atoms with van der Waals surface area (Å²) in [5.41, 5.74) is 0.0225. The molecule has 1 aliphatic rings. The molecule has 0 spiro atoms. The van der Waals surface area contributed by atoms with Crippen LogP contribution in [0, 0.1) is 18.6 Å². The Morgan fingerprint density at radius 2 is 2.00 bits per heavy atom. The summed E-state index contributed by atoms with van der Waals surface area (Å²) in [5.74, 6) is -1.76. The fraction of sp³-hybridized carbons (Fsp3) is 0.292. The highest BCUT2D eigenvalue weighted by Crippen LogP contribution is 2.43. The molecule has 1 fully saturated rings. The van der Waals surface area contributed by atoms with Gasteiger partial charge in [-0.3, -0.25) is 14.3 Å². The van der Waals surface area contributed by atoms with E-state index in [4.69, 9.17) is 23.2 Å². The molecule has 0 saturated carbocycles. The van der Waals surface area contributed by atoms with Gasteiger partial charge in [0.25, 0.3) is 0 Å². The number of aromatic nitrogens is 2. The van der Waals surface area contributed by atoms with Crippen LogP contribution in [0.25, 0.3) is 10.9 Å². The Morgan fingerprint density at radius 1 is 1.26 bits per heavy atom. The molecule has 35 heavy (non-hydrogen) atoms. The largest absolute Gasteiger partial charge is 0.373 e. The number of likely N-dealkylation sites (tertiary alicyclic amines) is 1. The molecule has 11 heteroatoms. The summed E-state index contributed by atoms with van der Waals surface area (Å²) in [5, 5.41) is 10.6. The number of benzene rings is 2. The lowest BCUT2D eigenvalue weighted by Crippen LogP contribution is -2.41. The van der Waals surface area contributed by atoms with Crippen LogP contribution in [0.15, 0.2) is 36.9 Å². The van der Waals surface area contributed by atoms with Crippen LogP contribution in [-0.2, 0) is 21.7 Å². The maximum Gasteiger partial charge on any atom is 0.246 e. The maximum absolute atomic E-state index is 15.2. The summed E-state index contributed by atoms with van der Waals surface area (Å²) < 4.78 is 31.8. The molecule has 1 unspecified atom stereocenters. The lowest BCUT2D eigenvalue weighted by atomic mass is 9.87. The number of aryl methyl sites for hydroxylation is 1. The predicted molar refractivity (Wildman–Crippen MR) is 132 cm³/mol. The average Bonchev–Trinajstić information content (AvgIpc) is 3.37. The van der Waals surface area contributed by atoms with Crippen molar-refractivity contribution in [1.82, 2.24) is 20.0 Å². The standard InChI is InChI=1S/C24H23Cl2F2N5O2/c1-4-20(35)32-8-7-24(12-32,22-16(27)6-5-15(25)23(22)26)30-14-9-17(28)21-13(2)33(11-19(34)29-3)31-18(21)10-14/h4-6,9-10,30H,1,7-8,11-12H2,2-3H3,(H,29,34). The van der Waals surface area contributed by atoms with Gasteiger partial charge in [-0.15, -0.1) is 0 Å². The number of hydrogen-bond donors (Lipinski definition) is 2. The number of carbonyl (C=O) groups is 2. The zero-order valence-corrected chi connectivity index (χ0v) is 20.6. The molecule has 3 aromatic rings. The number of anilines is 1. The van der Waals surface area contributed by atoms with Gasteiger partial charge in [0.05, 0.1) is 26.5 Å². The zero-order chi connectivity index (χ0) is 25.5. The highest BCUT2D eigenvalue weighted by atomic mass is 35.5. The zero-order valence-electron chi connectivity index (χ0n) is 19.1. The van der Waals surface area contributed by atoms with Crippen LogP contribution < -0.4 is 10.6 Å². The number of carbonyl (C=O) groups excluding carboxylic acids is 2. The third-order valence-electron chi connectivity index (χ3n) is 6.28. The monoisotopic (exact) mass is 521 g/mol. The van der Waals surface area contributed by atoms with Crippen LogP contribution >= 0.6 is 23.2 Å². The van der Waals surface area contributed by atoms with Crippen molar-refractivity contribution >= 4 is 51.6 Å². The molecule has 2 heterocycles. The van der Waals surface area contributed by atoms with E-state index in [2.05, 4.69) is 22.3 Å². The number of halogens is 4. The van der Waals surface area contributed by atoms with Gasteiger partial charge in [0, 0.05) is 37.1 Å². The van der Waals surface area contributed by atoms with Gasteiger partial charge in [-0.25, -0.2) is 8.78 Å². The van der Waals surface area contributed by atoms with Crippen molar-refractivity contribution in [3.05, 3.63) is 69.9 Å². The average molecular weight is 522 g/mol. The number of rotatable bonds is 6. The minimum Gasteiger partial charge on any atom is -0.373 e. The van der Waals surface area contributed by atoms with Crippen molar-refractivity contribution < 1.29 is 18.4 Å². The minimum atomic E-state index is -1.19. The number of hydrogen-bond acceptors (Lipinski definition) is 4. The van der Waals surface area contributed by atoms with E-state index in [0.717, 1.165) is 0 Å². The molecular weight excluding hydrogens is 499 g/mol. The molecule has 0 bridgehead atoms. The van der Waals surface area contributed by atoms with Gasteiger partial charge in [-0.1, -0.05) is 29.8 Å². The Bertz CT molecular complexity index is 1360. The normalized spacial score (nSPS) is 17.6. The Balaban J connectivity index is 1.81. The first-order valence-corrected chi connectivity index (χ1v) is 11.6. The SMILES string of the molecule is C=CC(=O)N1CCC(Nc2cc(F)c3c(C)n(CC(=O)NC)nc3c2)(c2c(F)ccc(Cl)c2Cl)C1. The molecule has 184 valence electrons. The van der Waals surface area contributed by atoms with Gasteiger partial charge in [-0.2, -0.15) is 5.10 Å². The smallest absolute Gasteiger partial charge is 0.246 e. The molecule has 0 aliphatic carbocycles. The molecule has 2 N–H and O–H groups in total. The summed E-state index contributed by atoms with van der Waals surface area (Å²) in [7, 11) is 1.50. The Morgan fingerprint density at radius 3 is 2.69 bits per heavy atom. The fourth-order valence-electron chi connectivity index (χ4n) is 4.54. The molecule has 1 aliphatic heterocycles. The number of nitrogens with zero attached hydrogens (tertiary/aromatic N) is 3. The van der Waals surface area contributed by atoms with Crippen molar-refractivity contribution in [2.45, 2.75) is 25.4 Å². The first-order chi connectivity index (χ1) is 16.6. The Hall–Kier alpha value is -3.17. The molecule has 2 amide bonds. The third-order valence-corrected chi connectivity index (χ3v) is 7.09. The molecule has 1 atom stereocenters. The minimum absolute atomic E-state index is 0.0133. The molecule has 1 saturated heterocycles. The molecule has 7 nitrogen and oxygen atoms in total. The van der Waals surface area contributed by atoms with Gasteiger partial charge in [0.1, 0.15) is 18.2 Å². The van der Waals surface area contributed by atoms with Crippen LogP contribution in [0.2, 0.25) is 10.0 Å². The van der Waals surface area contributed by atoms with E-state index in [1.54, 1.807) is 13.0 Å². The van der Waals surface area contributed by atoms with Crippen LogP contribution in [-0.4, -0.2) is 46.6 Å².